The average Bonchev–Trinajstić information content (AvgIpc) is 4.02. The standard InChI is InChI=1S/C54H58F3N7O7S2/c1-33-26-44(48(66)59-29-35-8-10-38(11-9-35)46-34(2)60-32-73-46)62(30-33)49(67)47(52(3,4)5)61-45(65)31-70-23-22-69-24-25-71-42-20-15-37(16-21-42)36-12-17-40(18-13-36)64-51(72)63(50(68)53(64,6)7)41-19-14-39(28-58)43(27-41)54(55,56)57/h8-21,27,32-33,44,47H,22-26,29-31H2,1-7H3,(H,59,66)(H,61,65)/t33-,44+,47-/m1/s1. The molecule has 73 heavy (non-hydrogen) atoms. The molecule has 2 fully saturated rings. The van der Waals surface area contributed by atoms with E-state index in [-0.39, 0.29) is 61.6 Å². The Hall–Kier alpha value is -6.72. The first-order valence-corrected chi connectivity index (χ1v) is 25.0. The summed E-state index contributed by atoms with van der Waals surface area (Å²) in [6.45, 7) is 14.1. The molecule has 3 atom stereocenters. The van der Waals surface area contributed by atoms with Crippen LogP contribution in [0.15, 0.2) is 96.5 Å². The number of carbonyl (C=O) groups is 4. The highest BCUT2D eigenvalue weighted by Crippen LogP contribution is 2.40. The number of ether oxygens (including phenoxy) is 3. The monoisotopic (exact) mass is 1040 g/mol. The van der Waals surface area contributed by atoms with E-state index in [9.17, 15) is 37.6 Å². The molecule has 384 valence electrons. The molecule has 0 radical (unpaired) electrons. The summed E-state index contributed by atoms with van der Waals surface area (Å²) in [4.78, 5) is 64.0. The smallest absolute Gasteiger partial charge is 0.417 e. The molecule has 0 saturated carbocycles. The van der Waals surface area contributed by atoms with Crippen LogP contribution in [0.25, 0.3) is 21.6 Å². The minimum absolute atomic E-state index is 0.00408. The van der Waals surface area contributed by atoms with E-state index in [4.69, 9.17) is 26.4 Å². The molecule has 0 bridgehead atoms. The number of hydrogen-bond donors (Lipinski definition) is 2. The summed E-state index contributed by atoms with van der Waals surface area (Å²) < 4.78 is 58.4. The van der Waals surface area contributed by atoms with E-state index in [2.05, 4.69) is 15.6 Å². The van der Waals surface area contributed by atoms with Crippen molar-refractivity contribution in [3.05, 3.63) is 119 Å². The fourth-order valence-corrected chi connectivity index (χ4v) is 10.2. The van der Waals surface area contributed by atoms with Crippen molar-refractivity contribution in [1.29, 1.82) is 5.26 Å². The summed E-state index contributed by atoms with van der Waals surface area (Å²) in [5.41, 5.74) is 3.42. The van der Waals surface area contributed by atoms with Gasteiger partial charge in [-0.1, -0.05) is 76.2 Å². The Morgan fingerprint density at radius 1 is 0.904 bits per heavy atom. The number of rotatable bonds is 18. The van der Waals surface area contributed by atoms with Crippen molar-refractivity contribution < 1.29 is 46.6 Å². The van der Waals surface area contributed by atoms with Gasteiger partial charge in [0, 0.05) is 18.8 Å². The summed E-state index contributed by atoms with van der Waals surface area (Å²) in [7, 11) is 0. The van der Waals surface area contributed by atoms with Crippen LogP contribution in [-0.2, 0) is 41.4 Å². The molecule has 0 spiro atoms. The molecule has 7 rings (SSSR count). The summed E-state index contributed by atoms with van der Waals surface area (Å²) in [5, 5.41) is 15.1. The number of aromatic nitrogens is 1. The van der Waals surface area contributed by atoms with Crippen molar-refractivity contribution in [1.82, 2.24) is 20.5 Å². The first-order valence-electron chi connectivity index (χ1n) is 23.7. The van der Waals surface area contributed by atoms with E-state index >= 15 is 0 Å². The lowest BCUT2D eigenvalue weighted by Gasteiger charge is -2.35. The lowest BCUT2D eigenvalue weighted by Crippen LogP contribution is -2.58. The normalized spacial score (nSPS) is 17.1. The third-order valence-corrected chi connectivity index (χ3v) is 14.1. The molecule has 0 unspecified atom stereocenters. The molecule has 2 N–H and O–H groups in total. The molecule has 4 aromatic carbocycles. The first-order chi connectivity index (χ1) is 34.6. The number of alkyl halides is 3. The molecule has 0 aliphatic carbocycles. The van der Waals surface area contributed by atoms with Crippen LogP contribution in [0, 0.1) is 29.6 Å². The number of aryl methyl sites for hydroxylation is 1. The zero-order valence-electron chi connectivity index (χ0n) is 41.7. The zero-order valence-corrected chi connectivity index (χ0v) is 43.3. The van der Waals surface area contributed by atoms with Gasteiger partial charge >= 0.3 is 6.18 Å². The van der Waals surface area contributed by atoms with Gasteiger partial charge in [-0.3, -0.25) is 24.1 Å². The van der Waals surface area contributed by atoms with Gasteiger partial charge in [0.2, 0.25) is 17.7 Å². The van der Waals surface area contributed by atoms with Crippen LogP contribution < -0.4 is 25.2 Å². The predicted octanol–water partition coefficient (Wildman–Crippen LogP) is 9.09. The maximum atomic E-state index is 14.1. The van der Waals surface area contributed by atoms with Crippen molar-refractivity contribution in [3.8, 4) is 33.4 Å². The number of benzene rings is 4. The number of carbonyl (C=O) groups excluding carboxylic acids is 4. The SMILES string of the molecule is Cc1ncsc1-c1ccc(CNC(=O)[C@@H]2C[C@@H](C)CN2C(=O)[C@@H](NC(=O)COCCOCCOc2ccc(-c3ccc(N4C(=S)N(c5ccc(C#N)c(C(F)(F)F)c5)C(=O)C4(C)C)cc3)cc2)C(C)(C)C)cc1. The topological polar surface area (TPSA) is 166 Å². The Bertz CT molecular complexity index is 2860. The molecule has 2 aliphatic rings. The van der Waals surface area contributed by atoms with Crippen LogP contribution in [0.5, 0.6) is 5.75 Å². The van der Waals surface area contributed by atoms with Gasteiger partial charge in [-0.25, -0.2) is 4.98 Å². The van der Waals surface area contributed by atoms with Crippen LogP contribution >= 0.6 is 23.6 Å². The number of likely N-dealkylation sites (tertiary alicyclic amines) is 1. The lowest BCUT2D eigenvalue weighted by molar-refractivity contribution is -0.144. The fourth-order valence-electron chi connectivity index (χ4n) is 8.82. The van der Waals surface area contributed by atoms with Crippen LogP contribution in [0.4, 0.5) is 24.5 Å². The van der Waals surface area contributed by atoms with Crippen LogP contribution in [0.3, 0.4) is 0 Å². The second kappa shape index (κ2) is 22.6. The molecule has 14 nitrogen and oxygen atoms in total. The second-order valence-electron chi connectivity index (χ2n) is 19.6. The van der Waals surface area contributed by atoms with Gasteiger partial charge in [0.25, 0.3) is 5.91 Å². The highest BCUT2D eigenvalue weighted by molar-refractivity contribution is 7.81. The van der Waals surface area contributed by atoms with Gasteiger partial charge in [-0.05, 0) is 115 Å². The third-order valence-electron chi connectivity index (χ3n) is 12.7. The number of thiazole rings is 1. The molecule has 2 saturated heterocycles. The fraction of sp³-hybridized carbons (Fsp3) is 0.389. The predicted molar refractivity (Wildman–Crippen MR) is 277 cm³/mol. The maximum Gasteiger partial charge on any atom is 0.417 e. The number of amides is 4. The molecule has 3 heterocycles. The van der Waals surface area contributed by atoms with E-state index in [1.54, 1.807) is 53.2 Å². The summed E-state index contributed by atoms with van der Waals surface area (Å²) in [6, 6.07) is 25.7. The van der Waals surface area contributed by atoms with Gasteiger partial charge in [0.15, 0.2) is 5.11 Å². The van der Waals surface area contributed by atoms with Gasteiger partial charge in [-0.2, -0.15) is 18.4 Å². The van der Waals surface area contributed by atoms with Crippen LogP contribution in [0.1, 0.15) is 70.3 Å². The van der Waals surface area contributed by atoms with E-state index < -0.39 is 52.2 Å². The molecule has 2 aliphatic heterocycles. The molecular formula is C54H58F3N7O7S2. The van der Waals surface area contributed by atoms with E-state index in [0.29, 0.717) is 30.9 Å². The lowest BCUT2D eigenvalue weighted by atomic mass is 9.85. The van der Waals surface area contributed by atoms with Crippen molar-refractivity contribution in [2.45, 2.75) is 85.2 Å². The summed E-state index contributed by atoms with van der Waals surface area (Å²) in [5.74, 6) is -0.819. The van der Waals surface area contributed by atoms with Crippen molar-refractivity contribution >= 4 is 63.7 Å². The number of nitrogens with one attached hydrogen (secondary N) is 2. The average molecular weight is 1040 g/mol. The third kappa shape index (κ3) is 12.6. The Morgan fingerprint density at radius 3 is 2.14 bits per heavy atom. The summed E-state index contributed by atoms with van der Waals surface area (Å²) in [6.07, 6.45) is -4.29. The second-order valence-corrected chi connectivity index (χ2v) is 20.9. The van der Waals surface area contributed by atoms with E-state index in [1.165, 1.54) is 6.07 Å². The van der Waals surface area contributed by atoms with Gasteiger partial charge in [0.1, 0.15) is 36.6 Å². The van der Waals surface area contributed by atoms with Crippen LogP contribution in [0.2, 0.25) is 0 Å². The van der Waals surface area contributed by atoms with Gasteiger partial charge in [0.05, 0.1) is 58.8 Å². The Labute approximate surface area is 432 Å². The molecular weight excluding hydrogens is 980 g/mol. The number of thiocarbonyl (C=S) groups is 1. The molecule has 19 heteroatoms. The largest absolute Gasteiger partial charge is 0.491 e. The first kappa shape index (κ1) is 54.1. The van der Waals surface area contributed by atoms with E-state index in [1.807, 2.05) is 101 Å². The number of nitrogens with zero attached hydrogens (tertiary/aromatic N) is 5. The number of hydrogen-bond acceptors (Lipinski definition) is 11. The minimum Gasteiger partial charge on any atom is -0.491 e. The molecule has 4 amide bonds. The number of nitriles is 1. The Balaban J connectivity index is 0.823. The van der Waals surface area contributed by atoms with Crippen molar-refractivity contribution in [2.24, 2.45) is 11.3 Å². The highest BCUT2D eigenvalue weighted by Gasteiger charge is 2.51. The van der Waals surface area contributed by atoms with Gasteiger partial charge < -0.3 is 34.6 Å². The Morgan fingerprint density at radius 2 is 1.52 bits per heavy atom. The van der Waals surface area contributed by atoms with E-state index in [0.717, 1.165) is 49.9 Å². The summed E-state index contributed by atoms with van der Waals surface area (Å²) >= 11 is 7.25. The van der Waals surface area contributed by atoms with Gasteiger partial charge in [-0.15, -0.1) is 11.3 Å². The van der Waals surface area contributed by atoms with Crippen molar-refractivity contribution in [2.75, 3.05) is 49.4 Å². The number of halogens is 3. The molecule has 5 aromatic rings. The quantitative estimate of drug-likeness (QED) is 0.0635. The minimum atomic E-state index is -4.80. The zero-order chi connectivity index (χ0) is 52.8. The highest BCUT2D eigenvalue weighted by atomic mass is 32.1. The van der Waals surface area contributed by atoms with Crippen LogP contribution in [-0.4, -0.2) is 95.8 Å². The Kier molecular flexibility index (Phi) is 16.7. The maximum absolute atomic E-state index is 14.1. The molecule has 1 aromatic heterocycles. The van der Waals surface area contributed by atoms with Crippen molar-refractivity contribution in [3.63, 3.8) is 0 Å². The number of anilines is 2.